The number of hydrogen-bond donors (Lipinski definition) is 2. The van der Waals surface area contributed by atoms with Crippen LogP contribution in [-0.2, 0) is 20.9 Å². The van der Waals surface area contributed by atoms with E-state index in [-0.39, 0.29) is 6.61 Å². The van der Waals surface area contributed by atoms with Crippen LogP contribution in [-0.4, -0.2) is 41.6 Å². The summed E-state index contributed by atoms with van der Waals surface area (Å²) < 4.78 is 10.6. The molecule has 4 amide bonds. The molecule has 8 heteroatoms. The normalized spacial score (nSPS) is 21.0. The number of amides is 4. The number of methoxy groups -OCH3 is 1. The molecule has 0 radical (unpaired) electrons. The minimum absolute atomic E-state index is 0.193. The van der Waals surface area contributed by atoms with Crippen LogP contribution in [0.3, 0.4) is 0 Å². The highest BCUT2D eigenvalue weighted by molar-refractivity contribution is 6.07. The van der Waals surface area contributed by atoms with Crippen molar-refractivity contribution in [1.29, 1.82) is 0 Å². The number of nitrogens with one attached hydrogen (secondary N) is 2. The summed E-state index contributed by atoms with van der Waals surface area (Å²) in [6, 6.07) is 6.62. The average molecular weight is 349 g/mol. The Balaban J connectivity index is 1.92. The molecule has 1 fully saturated rings. The Morgan fingerprint density at radius 1 is 1.40 bits per heavy atom. The summed E-state index contributed by atoms with van der Waals surface area (Å²) in [6.07, 6.45) is -0.425. The van der Waals surface area contributed by atoms with E-state index in [0.29, 0.717) is 17.2 Å². The summed E-state index contributed by atoms with van der Waals surface area (Å²) in [4.78, 5) is 36.3. The van der Waals surface area contributed by atoms with E-state index in [1.54, 1.807) is 33.9 Å². The number of rotatable bonds is 7. The van der Waals surface area contributed by atoms with Gasteiger partial charge in [-0.3, -0.25) is 15.0 Å². The molecular weight excluding hydrogens is 326 g/mol. The zero-order chi connectivity index (χ0) is 18.6. The van der Waals surface area contributed by atoms with Crippen LogP contribution < -0.4 is 15.5 Å². The highest BCUT2D eigenvalue weighted by Gasteiger charge is 2.47. The average Bonchev–Trinajstić information content (AvgIpc) is 2.83. The zero-order valence-electron chi connectivity index (χ0n) is 14.8. The van der Waals surface area contributed by atoms with Crippen molar-refractivity contribution >= 4 is 17.8 Å². The smallest absolute Gasteiger partial charge is 0.344 e. The van der Waals surface area contributed by atoms with Gasteiger partial charge in [-0.1, -0.05) is 19.1 Å². The molecule has 1 aliphatic heterocycles. The predicted molar refractivity (Wildman–Crippen MR) is 89.5 cm³/mol. The fourth-order valence-corrected chi connectivity index (χ4v) is 2.29. The molecule has 1 heterocycles. The van der Waals surface area contributed by atoms with Gasteiger partial charge < -0.3 is 14.8 Å². The number of imide groups is 1. The number of ether oxygens (including phenoxy) is 2. The Bertz CT molecular complexity index is 678. The third-order valence-electron chi connectivity index (χ3n) is 4.19. The number of benzene rings is 1. The lowest BCUT2D eigenvalue weighted by atomic mass is 10.00. The first kappa shape index (κ1) is 18.7. The van der Waals surface area contributed by atoms with E-state index in [1.807, 2.05) is 18.2 Å². The van der Waals surface area contributed by atoms with Crippen LogP contribution in [0.25, 0.3) is 0 Å². The van der Waals surface area contributed by atoms with E-state index < -0.39 is 29.5 Å². The maximum atomic E-state index is 12.2. The Labute approximate surface area is 146 Å². The second-order valence-electron chi connectivity index (χ2n) is 6.04. The van der Waals surface area contributed by atoms with E-state index in [0.717, 1.165) is 5.56 Å². The van der Waals surface area contributed by atoms with Gasteiger partial charge in [0, 0.05) is 0 Å². The summed E-state index contributed by atoms with van der Waals surface area (Å²) in [7, 11) is 1.57. The summed E-state index contributed by atoms with van der Waals surface area (Å²) in [5.41, 5.74) is 2.15. The predicted octanol–water partition coefficient (Wildman–Crippen LogP) is 1.35. The van der Waals surface area contributed by atoms with Gasteiger partial charge in [-0.25, -0.2) is 4.79 Å². The SMILES string of the molecule is CCC1(C)NC(=O)N(NC(=O)C(C)OCc2cccc(OC)c2)C1=O. The molecule has 1 aromatic carbocycles. The van der Waals surface area contributed by atoms with Crippen molar-refractivity contribution < 1.29 is 23.9 Å². The molecule has 0 aromatic heterocycles. The number of carbonyl (C=O) groups is 3. The number of hydrazine groups is 1. The molecule has 25 heavy (non-hydrogen) atoms. The maximum absolute atomic E-state index is 12.2. The molecule has 1 aliphatic rings. The van der Waals surface area contributed by atoms with E-state index in [1.165, 1.54) is 0 Å². The van der Waals surface area contributed by atoms with Crippen molar-refractivity contribution in [2.45, 2.75) is 45.4 Å². The van der Waals surface area contributed by atoms with Gasteiger partial charge in [0.2, 0.25) is 0 Å². The summed E-state index contributed by atoms with van der Waals surface area (Å²) >= 11 is 0. The second-order valence-corrected chi connectivity index (χ2v) is 6.04. The molecule has 0 saturated carbocycles. The van der Waals surface area contributed by atoms with Crippen LogP contribution in [0.4, 0.5) is 4.79 Å². The van der Waals surface area contributed by atoms with Crippen molar-refractivity contribution in [2.24, 2.45) is 0 Å². The fraction of sp³-hybridized carbons (Fsp3) is 0.471. The van der Waals surface area contributed by atoms with E-state index in [9.17, 15) is 14.4 Å². The van der Waals surface area contributed by atoms with Gasteiger partial charge in [0.1, 0.15) is 17.4 Å². The molecule has 1 saturated heterocycles. The summed E-state index contributed by atoms with van der Waals surface area (Å²) in [5.74, 6) is -0.378. The Morgan fingerprint density at radius 2 is 2.12 bits per heavy atom. The Morgan fingerprint density at radius 3 is 2.72 bits per heavy atom. The van der Waals surface area contributed by atoms with Gasteiger partial charge in [0.05, 0.1) is 13.7 Å². The molecule has 2 N–H and O–H groups in total. The van der Waals surface area contributed by atoms with Gasteiger partial charge in [-0.05, 0) is 38.0 Å². The first-order valence-corrected chi connectivity index (χ1v) is 8.02. The van der Waals surface area contributed by atoms with E-state index >= 15 is 0 Å². The summed E-state index contributed by atoms with van der Waals surface area (Å²) in [6.45, 7) is 5.14. The van der Waals surface area contributed by atoms with Crippen LogP contribution in [0.15, 0.2) is 24.3 Å². The lowest BCUT2D eigenvalue weighted by Gasteiger charge is -2.20. The minimum atomic E-state index is -1.00. The van der Waals surface area contributed by atoms with Crippen LogP contribution in [0.2, 0.25) is 0 Å². The molecule has 0 spiro atoms. The highest BCUT2D eigenvalue weighted by Crippen LogP contribution is 2.19. The number of hydrogen-bond acceptors (Lipinski definition) is 5. The lowest BCUT2D eigenvalue weighted by Crippen LogP contribution is -2.51. The molecule has 0 aliphatic carbocycles. The van der Waals surface area contributed by atoms with E-state index in [4.69, 9.17) is 9.47 Å². The molecule has 2 rings (SSSR count). The van der Waals surface area contributed by atoms with Crippen LogP contribution in [0, 0.1) is 0 Å². The van der Waals surface area contributed by atoms with Crippen molar-refractivity contribution in [2.75, 3.05) is 7.11 Å². The topological polar surface area (TPSA) is 97.0 Å². The van der Waals surface area contributed by atoms with Gasteiger partial charge in [-0.2, -0.15) is 5.01 Å². The highest BCUT2D eigenvalue weighted by atomic mass is 16.5. The fourth-order valence-electron chi connectivity index (χ4n) is 2.29. The van der Waals surface area contributed by atoms with Crippen molar-refractivity contribution in [3.63, 3.8) is 0 Å². The van der Waals surface area contributed by atoms with Gasteiger partial charge in [0.25, 0.3) is 11.8 Å². The maximum Gasteiger partial charge on any atom is 0.344 e. The van der Waals surface area contributed by atoms with Crippen molar-refractivity contribution in [3.05, 3.63) is 29.8 Å². The minimum Gasteiger partial charge on any atom is -0.497 e. The Hall–Kier alpha value is -2.61. The molecule has 136 valence electrons. The van der Waals surface area contributed by atoms with Crippen LogP contribution in [0.1, 0.15) is 32.8 Å². The van der Waals surface area contributed by atoms with Gasteiger partial charge >= 0.3 is 6.03 Å². The standard InChI is InChI=1S/C17H23N3O5/c1-5-17(3)15(22)20(16(23)18-17)19-14(21)11(2)25-10-12-7-6-8-13(9-12)24-4/h6-9,11H,5,10H2,1-4H3,(H,18,23)(H,19,21). The molecule has 2 atom stereocenters. The third-order valence-corrected chi connectivity index (χ3v) is 4.19. The molecule has 1 aromatic rings. The summed E-state index contributed by atoms with van der Waals surface area (Å²) in [5, 5.41) is 3.27. The molecule has 8 nitrogen and oxygen atoms in total. The Kier molecular flexibility index (Phi) is 5.63. The van der Waals surface area contributed by atoms with E-state index in [2.05, 4.69) is 10.7 Å². The monoisotopic (exact) mass is 349 g/mol. The van der Waals surface area contributed by atoms with Crippen LogP contribution >= 0.6 is 0 Å². The molecule has 0 bridgehead atoms. The van der Waals surface area contributed by atoms with Crippen LogP contribution in [0.5, 0.6) is 5.75 Å². The first-order valence-electron chi connectivity index (χ1n) is 8.02. The quantitative estimate of drug-likeness (QED) is 0.724. The number of carbonyl (C=O) groups excluding carboxylic acids is 3. The van der Waals surface area contributed by atoms with Gasteiger partial charge in [-0.15, -0.1) is 0 Å². The lowest BCUT2D eigenvalue weighted by molar-refractivity contribution is -0.144. The van der Waals surface area contributed by atoms with Crippen molar-refractivity contribution in [3.8, 4) is 5.75 Å². The third kappa shape index (κ3) is 4.08. The second kappa shape index (κ2) is 7.52. The zero-order valence-corrected chi connectivity index (χ0v) is 14.8. The number of urea groups is 1. The number of nitrogens with zero attached hydrogens (tertiary/aromatic N) is 1. The first-order chi connectivity index (χ1) is 11.8. The molecule has 2 unspecified atom stereocenters. The molecular formula is C17H23N3O5. The largest absolute Gasteiger partial charge is 0.497 e. The van der Waals surface area contributed by atoms with Gasteiger partial charge in [0.15, 0.2) is 0 Å². The van der Waals surface area contributed by atoms with Crippen molar-refractivity contribution in [1.82, 2.24) is 15.8 Å².